The third-order valence-electron chi connectivity index (χ3n) is 3.17. The highest BCUT2D eigenvalue weighted by molar-refractivity contribution is 5.95. The smallest absolute Gasteiger partial charge is 0.254 e. The summed E-state index contributed by atoms with van der Waals surface area (Å²) >= 11 is 0. The van der Waals surface area contributed by atoms with E-state index in [4.69, 9.17) is 5.73 Å². The van der Waals surface area contributed by atoms with Gasteiger partial charge in [0.2, 0.25) is 0 Å². The fraction of sp³-hybridized carbons (Fsp3) is 0.500. The number of hydrogen-bond acceptors (Lipinski definition) is 2. The molecule has 0 bridgehead atoms. The number of anilines is 1. The van der Waals surface area contributed by atoms with Crippen molar-refractivity contribution in [2.75, 3.05) is 12.3 Å². The van der Waals surface area contributed by atoms with Crippen LogP contribution in [0.2, 0.25) is 0 Å². The summed E-state index contributed by atoms with van der Waals surface area (Å²) in [6, 6.07) is 7.46. The zero-order chi connectivity index (χ0) is 12.4. The van der Waals surface area contributed by atoms with E-state index in [1.165, 1.54) is 12.8 Å². The molecule has 0 saturated heterocycles. The minimum absolute atomic E-state index is 0.0965. The molecule has 0 spiro atoms. The second-order valence-electron chi connectivity index (χ2n) is 5.12. The number of nitrogens with two attached hydrogens (primary N) is 1. The lowest BCUT2D eigenvalue weighted by atomic mass is 10.1. The maximum absolute atomic E-state index is 12.4. The molecule has 1 aromatic carbocycles. The van der Waals surface area contributed by atoms with Gasteiger partial charge in [-0.2, -0.15) is 0 Å². The number of benzene rings is 1. The van der Waals surface area contributed by atoms with Crippen molar-refractivity contribution in [3.63, 3.8) is 0 Å². The number of amides is 1. The average molecular weight is 232 g/mol. The van der Waals surface area contributed by atoms with E-state index in [-0.39, 0.29) is 11.9 Å². The first-order chi connectivity index (χ1) is 8.08. The maximum Gasteiger partial charge on any atom is 0.254 e. The number of rotatable bonds is 4. The van der Waals surface area contributed by atoms with E-state index in [2.05, 4.69) is 13.8 Å². The molecule has 1 amide bonds. The highest BCUT2D eigenvalue weighted by atomic mass is 16.2. The number of carbonyl (C=O) groups is 1. The van der Waals surface area contributed by atoms with Crippen molar-refractivity contribution in [1.82, 2.24) is 4.90 Å². The van der Waals surface area contributed by atoms with Crippen LogP contribution in [0.4, 0.5) is 5.69 Å². The first-order valence-electron chi connectivity index (χ1n) is 6.24. The monoisotopic (exact) mass is 232 g/mol. The molecule has 2 rings (SSSR count). The molecule has 1 fully saturated rings. The number of nitrogens with zero attached hydrogens (tertiary/aromatic N) is 1. The van der Waals surface area contributed by atoms with E-state index < -0.39 is 0 Å². The summed E-state index contributed by atoms with van der Waals surface area (Å²) in [6.07, 6.45) is 2.51. The molecular weight excluding hydrogens is 212 g/mol. The van der Waals surface area contributed by atoms with Gasteiger partial charge in [0.05, 0.1) is 0 Å². The Balaban J connectivity index is 2.14. The molecule has 0 radical (unpaired) electrons. The van der Waals surface area contributed by atoms with Crippen LogP contribution in [0.3, 0.4) is 0 Å². The Morgan fingerprint density at radius 1 is 1.47 bits per heavy atom. The van der Waals surface area contributed by atoms with Gasteiger partial charge in [-0.1, -0.05) is 6.07 Å². The van der Waals surface area contributed by atoms with Crippen LogP contribution in [0, 0.1) is 5.92 Å². The standard InChI is InChI=1S/C14H20N2O/c1-10(2)16(9-11-6-7-11)14(17)12-4-3-5-13(15)8-12/h3-5,8,10-11H,6-7,9,15H2,1-2H3. The van der Waals surface area contributed by atoms with E-state index in [0.29, 0.717) is 17.2 Å². The van der Waals surface area contributed by atoms with E-state index in [0.717, 1.165) is 6.54 Å². The maximum atomic E-state index is 12.4. The Labute approximate surface area is 103 Å². The van der Waals surface area contributed by atoms with Gasteiger partial charge in [0.1, 0.15) is 0 Å². The van der Waals surface area contributed by atoms with Gasteiger partial charge in [0.25, 0.3) is 5.91 Å². The molecule has 0 unspecified atom stereocenters. The van der Waals surface area contributed by atoms with Gasteiger partial charge < -0.3 is 10.6 Å². The minimum atomic E-state index is 0.0965. The fourth-order valence-electron chi connectivity index (χ4n) is 1.94. The predicted octanol–water partition coefficient (Wildman–Crippen LogP) is 2.53. The van der Waals surface area contributed by atoms with Gasteiger partial charge in [-0.15, -0.1) is 0 Å². The van der Waals surface area contributed by atoms with Crippen LogP contribution in [0.25, 0.3) is 0 Å². The van der Waals surface area contributed by atoms with Crippen molar-refractivity contribution in [2.45, 2.75) is 32.7 Å². The molecule has 0 aliphatic heterocycles. The van der Waals surface area contributed by atoms with E-state index in [1.54, 1.807) is 12.1 Å². The molecule has 0 atom stereocenters. The normalized spacial score (nSPS) is 15.0. The summed E-state index contributed by atoms with van der Waals surface area (Å²) in [5.41, 5.74) is 7.05. The fourth-order valence-corrected chi connectivity index (χ4v) is 1.94. The van der Waals surface area contributed by atoms with Crippen molar-refractivity contribution >= 4 is 11.6 Å². The number of hydrogen-bond donors (Lipinski definition) is 1. The molecule has 0 aromatic heterocycles. The third-order valence-corrected chi connectivity index (χ3v) is 3.17. The molecule has 3 nitrogen and oxygen atoms in total. The van der Waals surface area contributed by atoms with Gasteiger partial charge in [-0.05, 0) is 50.8 Å². The van der Waals surface area contributed by atoms with Crippen molar-refractivity contribution in [3.05, 3.63) is 29.8 Å². The Morgan fingerprint density at radius 3 is 2.71 bits per heavy atom. The van der Waals surface area contributed by atoms with Crippen LogP contribution < -0.4 is 5.73 Å². The van der Waals surface area contributed by atoms with E-state index in [1.807, 2.05) is 17.0 Å². The lowest BCUT2D eigenvalue weighted by molar-refractivity contribution is 0.0696. The quantitative estimate of drug-likeness (QED) is 0.811. The Bertz CT molecular complexity index is 410. The van der Waals surface area contributed by atoms with Crippen molar-refractivity contribution in [2.24, 2.45) is 5.92 Å². The lowest BCUT2D eigenvalue weighted by Crippen LogP contribution is -2.38. The van der Waals surface area contributed by atoms with Gasteiger partial charge in [-0.25, -0.2) is 0 Å². The Kier molecular flexibility index (Phi) is 3.36. The Hall–Kier alpha value is -1.51. The molecule has 3 heteroatoms. The topological polar surface area (TPSA) is 46.3 Å². The van der Waals surface area contributed by atoms with Crippen LogP contribution in [0.5, 0.6) is 0 Å². The zero-order valence-electron chi connectivity index (χ0n) is 10.5. The predicted molar refractivity (Wildman–Crippen MR) is 69.8 cm³/mol. The molecule has 1 aliphatic rings. The average Bonchev–Trinajstić information content (AvgIpc) is 3.08. The number of carbonyl (C=O) groups excluding carboxylic acids is 1. The van der Waals surface area contributed by atoms with Gasteiger partial charge in [0, 0.05) is 23.8 Å². The summed E-state index contributed by atoms with van der Waals surface area (Å²) in [5.74, 6) is 0.807. The number of nitrogen functional groups attached to an aromatic ring is 1. The summed E-state index contributed by atoms with van der Waals surface area (Å²) in [7, 11) is 0. The Morgan fingerprint density at radius 2 is 2.18 bits per heavy atom. The van der Waals surface area contributed by atoms with Crippen LogP contribution in [0.1, 0.15) is 37.0 Å². The van der Waals surface area contributed by atoms with Gasteiger partial charge >= 0.3 is 0 Å². The highest BCUT2D eigenvalue weighted by Gasteiger charge is 2.28. The minimum Gasteiger partial charge on any atom is -0.399 e. The summed E-state index contributed by atoms with van der Waals surface area (Å²) in [5, 5.41) is 0. The summed E-state index contributed by atoms with van der Waals surface area (Å²) in [4.78, 5) is 14.3. The summed E-state index contributed by atoms with van der Waals surface area (Å²) < 4.78 is 0. The largest absolute Gasteiger partial charge is 0.399 e. The molecule has 1 aliphatic carbocycles. The van der Waals surface area contributed by atoms with Crippen molar-refractivity contribution in [1.29, 1.82) is 0 Å². The zero-order valence-corrected chi connectivity index (χ0v) is 10.5. The van der Waals surface area contributed by atoms with Gasteiger partial charge in [-0.3, -0.25) is 4.79 Å². The molecule has 0 heterocycles. The molecular formula is C14H20N2O. The van der Waals surface area contributed by atoms with E-state index in [9.17, 15) is 4.79 Å². The SMILES string of the molecule is CC(C)N(CC1CC1)C(=O)c1cccc(N)c1. The first kappa shape index (κ1) is 12.0. The van der Waals surface area contributed by atoms with Crippen molar-refractivity contribution < 1.29 is 4.79 Å². The molecule has 1 aromatic rings. The summed E-state index contributed by atoms with van der Waals surface area (Å²) in [6.45, 7) is 5.00. The van der Waals surface area contributed by atoms with E-state index >= 15 is 0 Å². The van der Waals surface area contributed by atoms with Crippen LogP contribution in [-0.2, 0) is 0 Å². The lowest BCUT2D eigenvalue weighted by Gasteiger charge is -2.27. The van der Waals surface area contributed by atoms with Crippen LogP contribution in [0.15, 0.2) is 24.3 Å². The second-order valence-corrected chi connectivity index (χ2v) is 5.12. The molecule has 1 saturated carbocycles. The molecule has 17 heavy (non-hydrogen) atoms. The second kappa shape index (κ2) is 4.78. The van der Waals surface area contributed by atoms with Crippen LogP contribution >= 0.6 is 0 Å². The van der Waals surface area contributed by atoms with Crippen LogP contribution in [-0.4, -0.2) is 23.4 Å². The highest BCUT2D eigenvalue weighted by Crippen LogP contribution is 2.30. The van der Waals surface area contributed by atoms with Gasteiger partial charge in [0.15, 0.2) is 0 Å². The third kappa shape index (κ3) is 2.99. The molecule has 92 valence electrons. The van der Waals surface area contributed by atoms with Crippen molar-refractivity contribution in [3.8, 4) is 0 Å². The first-order valence-corrected chi connectivity index (χ1v) is 6.24. The molecule has 2 N–H and O–H groups in total.